The number of thioether (sulfide) groups is 1. The lowest BCUT2D eigenvalue weighted by Crippen LogP contribution is -2.40. The number of nitrogens with one attached hydrogen (secondary N) is 1. The second-order valence-electron chi connectivity index (χ2n) is 5.14. The molecule has 0 saturated heterocycles. The summed E-state index contributed by atoms with van der Waals surface area (Å²) in [5.41, 5.74) is 8.14. The number of methoxy groups -OCH3 is 1. The fraction of sp³-hybridized carbons (Fsp3) is 0.353. The molecule has 0 unspecified atom stereocenters. The predicted molar refractivity (Wildman–Crippen MR) is 99.1 cm³/mol. The van der Waals surface area contributed by atoms with Crippen LogP contribution < -0.4 is 15.8 Å². The Morgan fingerprint density at radius 3 is 2.74 bits per heavy atom. The van der Waals surface area contributed by atoms with Gasteiger partial charge in [0, 0.05) is 4.88 Å². The van der Waals surface area contributed by atoms with Crippen molar-refractivity contribution in [1.82, 2.24) is 5.32 Å². The number of benzene rings is 1. The van der Waals surface area contributed by atoms with E-state index in [-0.39, 0.29) is 5.91 Å². The van der Waals surface area contributed by atoms with Gasteiger partial charge in [0.15, 0.2) is 0 Å². The summed E-state index contributed by atoms with van der Waals surface area (Å²) < 4.78 is 5.17. The first-order valence-corrected chi connectivity index (χ1v) is 9.65. The summed E-state index contributed by atoms with van der Waals surface area (Å²) in [5, 5.41) is 5.00. The van der Waals surface area contributed by atoms with Crippen LogP contribution in [0.4, 0.5) is 0 Å². The third-order valence-corrected chi connectivity index (χ3v) is 5.06. The zero-order chi connectivity index (χ0) is 16.7. The smallest absolute Gasteiger partial charge is 0.237 e. The van der Waals surface area contributed by atoms with Crippen LogP contribution in [0, 0.1) is 0 Å². The maximum absolute atomic E-state index is 11.9. The van der Waals surface area contributed by atoms with Crippen molar-refractivity contribution in [3.63, 3.8) is 0 Å². The Morgan fingerprint density at radius 1 is 1.35 bits per heavy atom. The minimum absolute atomic E-state index is 0.0848. The number of amides is 1. The quantitative estimate of drug-likeness (QED) is 0.768. The number of rotatable bonds is 8. The van der Waals surface area contributed by atoms with Crippen molar-refractivity contribution in [3.05, 3.63) is 40.6 Å². The number of hydrogen-bond donors (Lipinski definition) is 2. The van der Waals surface area contributed by atoms with Gasteiger partial charge in [0.1, 0.15) is 5.75 Å². The first-order valence-electron chi connectivity index (χ1n) is 7.38. The van der Waals surface area contributed by atoms with Crippen molar-refractivity contribution >= 4 is 29.0 Å². The van der Waals surface area contributed by atoms with Crippen molar-refractivity contribution in [2.24, 2.45) is 5.73 Å². The molecule has 1 atom stereocenters. The molecule has 0 bridgehead atoms. The zero-order valence-electron chi connectivity index (χ0n) is 13.4. The average molecular weight is 351 g/mol. The Balaban J connectivity index is 1.90. The molecule has 0 aliphatic heterocycles. The van der Waals surface area contributed by atoms with Crippen molar-refractivity contribution in [3.8, 4) is 16.9 Å². The third-order valence-electron chi connectivity index (χ3n) is 3.48. The van der Waals surface area contributed by atoms with Crippen molar-refractivity contribution in [1.29, 1.82) is 0 Å². The highest BCUT2D eigenvalue weighted by molar-refractivity contribution is 7.98. The van der Waals surface area contributed by atoms with E-state index in [1.165, 1.54) is 0 Å². The predicted octanol–water partition coefficient (Wildman–Crippen LogP) is 3.12. The Labute approximate surface area is 145 Å². The first-order chi connectivity index (χ1) is 11.1. The van der Waals surface area contributed by atoms with Crippen LogP contribution in [0.1, 0.15) is 11.3 Å². The molecule has 1 heterocycles. The topological polar surface area (TPSA) is 64.3 Å². The van der Waals surface area contributed by atoms with Crippen molar-refractivity contribution in [2.75, 3.05) is 19.1 Å². The van der Waals surface area contributed by atoms with Crippen LogP contribution in [0.25, 0.3) is 11.1 Å². The number of thiophene rings is 1. The normalized spacial score (nSPS) is 12.0. The monoisotopic (exact) mass is 350 g/mol. The summed E-state index contributed by atoms with van der Waals surface area (Å²) in [4.78, 5) is 13.0. The van der Waals surface area contributed by atoms with Gasteiger partial charge in [-0.2, -0.15) is 11.8 Å². The van der Waals surface area contributed by atoms with Gasteiger partial charge in [0.05, 0.1) is 19.7 Å². The van der Waals surface area contributed by atoms with Gasteiger partial charge < -0.3 is 15.8 Å². The maximum atomic E-state index is 11.9. The average Bonchev–Trinajstić information content (AvgIpc) is 3.06. The molecule has 124 valence electrons. The number of hydrogen-bond acceptors (Lipinski definition) is 5. The Hall–Kier alpha value is -1.50. The van der Waals surface area contributed by atoms with Crippen LogP contribution in [-0.2, 0) is 11.3 Å². The van der Waals surface area contributed by atoms with Gasteiger partial charge in [-0.25, -0.2) is 0 Å². The van der Waals surface area contributed by atoms with Crippen LogP contribution in [0.3, 0.4) is 0 Å². The molecule has 1 aromatic heterocycles. The van der Waals surface area contributed by atoms with Crippen LogP contribution in [0.15, 0.2) is 35.7 Å². The van der Waals surface area contributed by atoms with E-state index in [9.17, 15) is 4.79 Å². The minimum Gasteiger partial charge on any atom is -0.497 e. The van der Waals surface area contributed by atoms with Gasteiger partial charge in [-0.3, -0.25) is 4.79 Å². The summed E-state index contributed by atoms with van der Waals surface area (Å²) in [6.45, 7) is 0.520. The van der Waals surface area contributed by atoms with Gasteiger partial charge in [0.2, 0.25) is 5.91 Å². The van der Waals surface area contributed by atoms with Gasteiger partial charge in [-0.1, -0.05) is 12.1 Å². The van der Waals surface area contributed by atoms with Gasteiger partial charge in [-0.15, -0.1) is 11.3 Å². The highest BCUT2D eigenvalue weighted by atomic mass is 32.2. The molecule has 0 aliphatic rings. The Bertz CT molecular complexity index is 626. The third kappa shape index (κ3) is 5.27. The van der Waals surface area contributed by atoms with E-state index in [4.69, 9.17) is 10.5 Å². The molecule has 0 radical (unpaired) electrons. The molecule has 0 aliphatic carbocycles. The molecule has 0 spiro atoms. The van der Waals surface area contributed by atoms with E-state index >= 15 is 0 Å². The molecular formula is C17H22N2O2S2. The lowest BCUT2D eigenvalue weighted by Gasteiger charge is -2.10. The second kappa shape index (κ2) is 8.96. The van der Waals surface area contributed by atoms with Crippen LogP contribution in [-0.4, -0.2) is 31.1 Å². The fourth-order valence-electron chi connectivity index (χ4n) is 2.09. The van der Waals surface area contributed by atoms with Crippen LogP contribution in [0.2, 0.25) is 0 Å². The van der Waals surface area contributed by atoms with E-state index in [0.717, 1.165) is 27.5 Å². The van der Waals surface area contributed by atoms with E-state index < -0.39 is 6.04 Å². The summed E-state index contributed by atoms with van der Waals surface area (Å²) in [6.07, 6.45) is 2.71. The minimum atomic E-state index is -0.427. The molecular weight excluding hydrogens is 328 g/mol. The lowest BCUT2D eigenvalue weighted by molar-refractivity contribution is -0.122. The highest BCUT2D eigenvalue weighted by Gasteiger charge is 2.12. The van der Waals surface area contributed by atoms with E-state index in [1.807, 2.05) is 30.5 Å². The molecule has 1 aromatic carbocycles. The number of ether oxygens (including phenoxy) is 1. The van der Waals surface area contributed by atoms with Gasteiger partial charge >= 0.3 is 0 Å². The Morgan fingerprint density at radius 2 is 2.09 bits per heavy atom. The molecule has 1 amide bonds. The Kier molecular flexibility index (Phi) is 6.95. The van der Waals surface area contributed by atoms with E-state index in [2.05, 4.69) is 16.8 Å². The SMILES string of the molecule is COc1ccc(-c2csc(CNC(=O)[C@@H](N)CCSC)c2)cc1. The van der Waals surface area contributed by atoms with Crippen LogP contribution >= 0.6 is 23.1 Å². The molecule has 0 saturated carbocycles. The number of carbonyl (C=O) groups excluding carboxylic acids is 1. The van der Waals surface area contributed by atoms with E-state index in [1.54, 1.807) is 30.2 Å². The van der Waals surface area contributed by atoms with Gasteiger partial charge in [0.25, 0.3) is 0 Å². The summed E-state index contributed by atoms with van der Waals surface area (Å²) >= 11 is 3.33. The standard InChI is InChI=1S/C17H22N2O2S2/c1-21-14-5-3-12(4-6-14)13-9-15(23-11-13)10-19-17(20)16(18)7-8-22-2/h3-6,9,11,16H,7-8,10,18H2,1-2H3,(H,19,20)/t16-/m0/s1. The van der Waals surface area contributed by atoms with Crippen molar-refractivity contribution < 1.29 is 9.53 Å². The number of nitrogens with two attached hydrogens (primary N) is 1. The molecule has 23 heavy (non-hydrogen) atoms. The molecule has 6 heteroatoms. The molecule has 4 nitrogen and oxygen atoms in total. The summed E-state index contributed by atoms with van der Waals surface area (Å²) in [6, 6.07) is 9.62. The molecule has 3 N–H and O–H groups in total. The molecule has 2 rings (SSSR count). The van der Waals surface area contributed by atoms with Crippen molar-refractivity contribution in [2.45, 2.75) is 19.0 Å². The molecule has 0 fully saturated rings. The van der Waals surface area contributed by atoms with E-state index in [0.29, 0.717) is 13.0 Å². The summed E-state index contributed by atoms with van der Waals surface area (Å²) in [5.74, 6) is 1.66. The maximum Gasteiger partial charge on any atom is 0.237 e. The second-order valence-corrected chi connectivity index (χ2v) is 7.12. The first kappa shape index (κ1) is 17.8. The van der Waals surface area contributed by atoms with Gasteiger partial charge in [-0.05, 0) is 53.1 Å². The zero-order valence-corrected chi connectivity index (χ0v) is 15.0. The lowest BCUT2D eigenvalue weighted by atomic mass is 10.1. The summed E-state index contributed by atoms with van der Waals surface area (Å²) in [7, 11) is 1.66. The molecule has 2 aromatic rings. The highest BCUT2D eigenvalue weighted by Crippen LogP contribution is 2.27. The fourth-order valence-corrected chi connectivity index (χ4v) is 3.41. The number of carbonyl (C=O) groups is 1. The largest absolute Gasteiger partial charge is 0.497 e. The van der Waals surface area contributed by atoms with Crippen LogP contribution in [0.5, 0.6) is 5.75 Å².